The van der Waals surface area contributed by atoms with Crippen molar-refractivity contribution in [1.82, 2.24) is 10.2 Å². The van der Waals surface area contributed by atoms with Gasteiger partial charge in [0, 0.05) is 31.5 Å². The molecule has 1 aliphatic heterocycles. The standard InChI is InChI=1S/C21H28N2O4S/c24-19(9-12-28(26,27)17-5-2-1-3-6-17)23-14-18(21(15-23)10-4-11-21)20(25)22-13-16-7-8-16/h1-3,5-6,16,18H,4,7-15H2,(H,22,25). The van der Waals surface area contributed by atoms with Crippen molar-refractivity contribution >= 4 is 21.7 Å². The number of rotatable bonds is 7. The molecule has 0 aromatic heterocycles. The summed E-state index contributed by atoms with van der Waals surface area (Å²) in [6.07, 6.45) is 5.38. The highest BCUT2D eigenvalue weighted by Crippen LogP contribution is 2.51. The quantitative estimate of drug-likeness (QED) is 0.753. The van der Waals surface area contributed by atoms with Crippen LogP contribution in [-0.4, -0.2) is 50.5 Å². The Morgan fingerprint density at radius 1 is 1.14 bits per heavy atom. The van der Waals surface area contributed by atoms with Crippen molar-refractivity contribution in [2.75, 3.05) is 25.4 Å². The topological polar surface area (TPSA) is 83.6 Å². The Hall–Kier alpha value is -1.89. The molecule has 1 N–H and O–H groups in total. The normalized spacial score (nSPS) is 23.4. The highest BCUT2D eigenvalue weighted by molar-refractivity contribution is 7.91. The van der Waals surface area contributed by atoms with Gasteiger partial charge in [0.15, 0.2) is 9.84 Å². The molecule has 1 atom stereocenters. The first kappa shape index (κ1) is 19.4. The second kappa shape index (κ2) is 7.50. The molecule has 0 bridgehead atoms. The van der Waals surface area contributed by atoms with E-state index in [-0.39, 0.29) is 40.2 Å². The number of amides is 2. The van der Waals surface area contributed by atoms with E-state index in [2.05, 4.69) is 5.32 Å². The van der Waals surface area contributed by atoms with Crippen molar-refractivity contribution in [3.63, 3.8) is 0 Å². The zero-order valence-corrected chi connectivity index (χ0v) is 16.9. The van der Waals surface area contributed by atoms with Gasteiger partial charge in [0.05, 0.1) is 16.6 Å². The second-order valence-electron chi connectivity index (χ2n) is 8.61. The van der Waals surface area contributed by atoms with Gasteiger partial charge in [-0.25, -0.2) is 8.42 Å². The van der Waals surface area contributed by atoms with Crippen molar-refractivity contribution in [2.45, 2.75) is 43.4 Å². The van der Waals surface area contributed by atoms with Gasteiger partial charge in [0.2, 0.25) is 11.8 Å². The molecule has 3 aliphatic rings. The molecule has 4 rings (SSSR count). The molecule has 1 unspecified atom stereocenters. The van der Waals surface area contributed by atoms with Gasteiger partial charge in [-0.2, -0.15) is 0 Å². The number of carbonyl (C=O) groups excluding carboxylic acids is 2. The van der Waals surface area contributed by atoms with Crippen molar-refractivity contribution < 1.29 is 18.0 Å². The Labute approximate surface area is 166 Å². The average Bonchev–Trinajstić information content (AvgIpc) is 3.40. The molecule has 1 spiro atoms. The molecule has 2 aliphatic carbocycles. The highest BCUT2D eigenvalue weighted by atomic mass is 32.2. The molecule has 2 saturated carbocycles. The summed E-state index contributed by atoms with van der Waals surface area (Å²) in [5, 5.41) is 3.07. The number of hydrogen-bond acceptors (Lipinski definition) is 4. The number of hydrogen-bond donors (Lipinski definition) is 1. The van der Waals surface area contributed by atoms with E-state index in [1.165, 1.54) is 12.8 Å². The summed E-state index contributed by atoms with van der Waals surface area (Å²) in [5.41, 5.74) is -0.0956. The molecule has 3 fully saturated rings. The fourth-order valence-electron chi connectivity index (χ4n) is 4.47. The van der Waals surface area contributed by atoms with Crippen LogP contribution in [0.4, 0.5) is 0 Å². The molecule has 6 nitrogen and oxygen atoms in total. The Kier molecular flexibility index (Phi) is 5.21. The number of nitrogens with one attached hydrogen (secondary N) is 1. The van der Waals surface area contributed by atoms with Crippen LogP contribution >= 0.6 is 0 Å². The van der Waals surface area contributed by atoms with E-state index in [9.17, 15) is 18.0 Å². The third-order valence-electron chi connectivity index (χ3n) is 6.62. The van der Waals surface area contributed by atoms with Crippen LogP contribution in [0.2, 0.25) is 0 Å². The van der Waals surface area contributed by atoms with Crippen LogP contribution < -0.4 is 5.32 Å². The highest BCUT2D eigenvalue weighted by Gasteiger charge is 2.54. The lowest BCUT2D eigenvalue weighted by atomic mass is 9.62. The lowest BCUT2D eigenvalue weighted by Gasteiger charge is -2.41. The predicted molar refractivity (Wildman–Crippen MR) is 105 cm³/mol. The third-order valence-corrected chi connectivity index (χ3v) is 8.35. The Bertz CT molecular complexity index is 844. The molecule has 0 radical (unpaired) electrons. The smallest absolute Gasteiger partial charge is 0.225 e. The molecule has 1 aromatic carbocycles. The first-order valence-corrected chi connectivity index (χ1v) is 11.9. The molecule has 1 heterocycles. The SMILES string of the molecule is O=C(NCC1CC1)C1CN(C(=O)CCS(=O)(=O)c2ccccc2)CC12CCC2. The number of benzene rings is 1. The number of sulfone groups is 1. The summed E-state index contributed by atoms with van der Waals surface area (Å²) < 4.78 is 24.9. The summed E-state index contributed by atoms with van der Waals surface area (Å²) in [4.78, 5) is 27.4. The molecule has 1 aromatic rings. The van der Waals surface area contributed by atoms with Gasteiger partial charge in [0.25, 0.3) is 0 Å². The second-order valence-corrected chi connectivity index (χ2v) is 10.7. The maximum atomic E-state index is 12.7. The summed E-state index contributed by atoms with van der Waals surface area (Å²) in [7, 11) is -3.47. The van der Waals surface area contributed by atoms with Crippen molar-refractivity contribution in [3.05, 3.63) is 30.3 Å². The van der Waals surface area contributed by atoms with E-state index < -0.39 is 9.84 Å². The fraction of sp³-hybridized carbons (Fsp3) is 0.619. The lowest BCUT2D eigenvalue weighted by Crippen LogP contribution is -2.45. The molecule has 152 valence electrons. The molecule has 28 heavy (non-hydrogen) atoms. The van der Waals surface area contributed by atoms with Crippen LogP contribution in [0, 0.1) is 17.3 Å². The van der Waals surface area contributed by atoms with Crippen LogP contribution in [0.5, 0.6) is 0 Å². The van der Waals surface area contributed by atoms with Crippen LogP contribution in [0.1, 0.15) is 38.5 Å². The van der Waals surface area contributed by atoms with E-state index in [4.69, 9.17) is 0 Å². The maximum Gasteiger partial charge on any atom is 0.225 e. The molecule has 2 amide bonds. The predicted octanol–water partition coefficient (Wildman–Crippen LogP) is 2.01. The summed E-state index contributed by atoms with van der Waals surface area (Å²) in [6, 6.07) is 8.24. The maximum absolute atomic E-state index is 12.7. The van der Waals surface area contributed by atoms with Crippen molar-refractivity contribution in [3.8, 4) is 0 Å². The van der Waals surface area contributed by atoms with Gasteiger partial charge >= 0.3 is 0 Å². The first-order chi connectivity index (χ1) is 13.4. The van der Waals surface area contributed by atoms with E-state index in [0.717, 1.165) is 25.8 Å². The molecular formula is C21H28N2O4S. The number of likely N-dealkylation sites (tertiary alicyclic amines) is 1. The Morgan fingerprint density at radius 2 is 1.86 bits per heavy atom. The number of nitrogens with zero attached hydrogens (tertiary/aromatic N) is 1. The van der Waals surface area contributed by atoms with E-state index in [1.807, 2.05) is 0 Å². The number of carbonyl (C=O) groups is 2. The fourth-order valence-corrected chi connectivity index (χ4v) is 5.72. The van der Waals surface area contributed by atoms with Gasteiger partial charge in [0.1, 0.15) is 0 Å². The first-order valence-electron chi connectivity index (χ1n) is 10.2. The third kappa shape index (κ3) is 3.95. The monoisotopic (exact) mass is 404 g/mol. The van der Waals surface area contributed by atoms with Crippen LogP contribution in [0.25, 0.3) is 0 Å². The minimum atomic E-state index is -3.47. The average molecular weight is 405 g/mol. The van der Waals surface area contributed by atoms with Gasteiger partial charge in [-0.05, 0) is 43.7 Å². The van der Waals surface area contributed by atoms with Crippen LogP contribution in [0.15, 0.2) is 35.2 Å². The van der Waals surface area contributed by atoms with Gasteiger partial charge in [-0.15, -0.1) is 0 Å². The van der Waals surface area contributed by atoms with E-state index in [1.54, 1.807) is 35.2 Å². The van der Waals surface area contributed by atoms with E-state index in [0.29, 0.717) is 19.0 Å². The van der Waals surface area contributed by atoms with Crippen molar-refractivity contribution in [1.29, 1.82) is 0 Å². The summed E-state index contributed by atoms with van der Waals surface area (Å²) in [5.74, 6) is 0.179. The van der Waals surface area contributed by atoms with Gasteiger partial charge < -0.3 is 10.2 Å². The van der Waals surface area contributed by atoms with Crippen LogP contribution in [0.3, 0.4) is 0 Å². The summed E-state index contributed by atoms with van der Waals surface area (Å²) in [6.45, 7) is 1.74. The van der Waals surface area contributed by atoms with Gasteiger partial charge in [-0.3, -0.25) is 9.59 Å². The van der Waals surface area contributed by atoms with E-state index >= 15 is 0 Å². The molecule has 1 saturated heterocycles. The largest absolute Gasteiger partial charge is 0.356 e. The minimum absolute atomic E-state index is 0.0380. The molecular weight excluding hydrogens is 376 g/mol. The van der Waals surface area contributed by atoms with Crippen LogP contribution in [-0.2, 0) is 19.4 Å². The zero-order chi connectivity index (χ0) is 19.8. The Balaban J connectivity index is 1.36. The van der Waals surface area contributed by atoms with Gasteiger partial charge in [-0.1, -0.05) is 24.6 Å². The van der Waals surface area contributed by atoms with Crippen molar-refractivity contribution in [2.24, 2.45) is 17.3 Å². The molecule has 7 heteroatoms. The minimum Gasteiger partial charge on any atom is -0.356 e. The lowest BCUT2D eigenvalue weighted by molar-refractivity contribution is -0.130. The summed E-state index contributed by atoms with van der Waals surface area (Å²) >= 11 is 0. The Morgan fingerprint density at radius 3 is 2.46 bits per heavy atom. The zero-order valence-electron chi connectivity index (χ0n) is 16.1.